The van der Waals surface area contributed by atoms with Crippen LogP contribution in [0.25, 0.3) is 0 Å². The van der Waals surface area contributed by atoms with Crippen molar-refractivity contribution in [2.45, 2.75) is 31.7 Å². The van der Waals surface area contributed by atoms with Crippen LogP contribution >= 0.6 is 24.0 Å². The summed E-state index contributed by atoms with van der Waals surface area (Å²) >= 11 is 5.93. The van der Waals surface area contributed by atoms with Gasteiger partial charge in [0.1, 0.15) is 11.5 Å². The molecule has 0 saturated heterocycles. The molecule has 3 N–H and O–H groups in total. The Bertz CT molecular complexity index is 406. The van der Waals surface area contributed by atoms with E-state index in [1.54, 1.807) is 19.2 Å². The largest absolute Gasteiger partial charge is 0.506 e. The van der Waals surface area contributed by atoms with Gasteiger partial charge in [-0.25, -0.2) is 0 Å². The molecule has 0 aliphatic heterocycles. The van der Waals surface area contributed by atoms with Crippen molar-refractivity contribution in [2.24, 2.45) is 11.7 Å². The summed E-state index contributed by atoms with van der Waals surface area (Å²) in [6.45, 7) is 0. The van der Waals surface area contributed by atoms with E-state index in [9.17, 15) is 5.11 Å². The Labute approximate surface area is 119 Å². The van der Waals surface area contributed by atoms with Gasteiger partial charge in [-0.15, -0.1) is 12.4 Å². The van der Waals surface area contributed by atoms with E-state index in [-0.39, 0.29) is 24.2 Å². The summed E-state index contributed by atoms with van der Waals surface area (Å²) < 4.78 is 5.26. The maximum absolute atomic E-state index is 10.0. The minimum absolute atomic E-state index is 0. The molecule has 0 aromatic heterocycles. The summed E-state index contributed by atoms with van der Waals surface area (Å²) in [6.07, 6.45) is 4.64. The molecule has 1 aliphatic carbocycles. The van der Waals surface area contributed by atoms with Gasteiger partial charge in [0.2, 0.25) is 0 Å². The van der Waals surface area contributed by atoms with E-state index >= 15 is 0 Å². The van der Waals surface area contributed by atoms with Crippen LogP contribution in [0.5, 0.6) is 11.5 Å². The molecular formula is C13H19Cl2NO2. The van der Waals surface area contributed by atoms with Crippen molar-refractivity contribution in [2.75, 3.05) is 7.11 Å². The molecule has 1 aromatic carbocycles. The van der Waals surface area contributed by atoms with E-state index in [2.05, 4.69) is 0 Å². The van der Waals surface area contributed by atoms with Gasteiger partial charge in [-0.2, -0.15) is 0 Å². The standard InChI is InChI=1S/C13H18ClNO2.ClH/c1-17-10-7-6-9(14)13(16)11(10)12(15)8-4-2-3-5-8;/h6-8,12,16H,2-5,15H2,1H3;1H/t12-;/m1./s1. The van der Waals surface area contributed by atoms with Crippen LogP contribution in [0, 0.1) is 5.92 Å². The quantitative estimate of drug-likeness (QED) is 0.893. The van der Waals surface area contributed by atoms with Gasteiger partial charge in [-0.05, 0) is 30.9 Å². The van der Waals surface area contributed by atoms with Crippen molar-refractivity contribution in [3.05, 3.63) is 22.7 Å². The summed E-state index contributed by atoms with van der Waals surface area (Å²) in [6, 6.07) is 3.18. The fourth-order valence-corrected chi connectivity index (χ4v) is 2.78. The van der Waals surface area contributed by atoms with Gasteiger partial charge in [0.05, 0.1) is 17.7 Å². The fourth-order valence-electron chi connectivity index (χ4n) is 2.62. The third-order valence-electron chi connectivity index (χ3n) is 3.59. The molecule has 0 unspecified atom stereocenters. The van der Waals surface area contributed by atoms with E-state index in [0.717, 1.165) is 12.8 Å². The van der Waals surface area contributed by atoms with Crippen molar-refractivity contribution in [1.82, 2.24) is 0 Å². The van der Waals surface area contributed by atoms with Crippen molar-refractivity contribution in [1.29, 1.82) is 0 Å². The zero-order valence-electron chi connectivity index (χ0n) is 10.4. The van der Waals surface area contributed by atoms with Gasteiger partial charge < -0.3 is 15.6 Å². The molecular weight excluding hydrogens is 273 g/mol. The Morgan fingerprint density at radius 2 is 2.00 bits per heavy atom. The van der Waals surface area contributed by atoms with Gasteiger partial charge in [-0.3, -0.25) is 0 Å². The summed E-state index contributed by atoms with van der Waals surface area (Å²) in [5, 5.41) is 10.4. The smallest absolute Gasteiger partial charge is 0.142 e. The van der Waals surface area contributed by atoms with Gasteiger partial charge in [0, 0.05) is 6.04 Å². The topological polar surface area (TPSA) is 55.5 Å². The lowest BCUT2D eigenvalue weighted by molar-refractivity contribution is 0.368. The Morgan fingerprint density at radius 1 is 1.39 bits per heavy atom. The maximum Gasteiger partial charge on any atom is 0.142 e. The Morgan fingerprint density at radius 3 is 2.56 bits per heavy atom. The van der Waals surface area contributed by atoms with E-state index in [0.29, 0.717) is 22.3 Å². The molecule has 0 bridgehead atoms. The molecule has 5 heteroatoms. The van der Waals surface area contributed by atoms with Crippen molar-refractivity contribution in [3.63, 3.8) is 0 Å². The number of halogens is 2. The zero-order chi connectivity index (χ0) is 12.4. The number of methoxy groups -OCH3 is 1. The molecule has 3 nitrogen and oxygen atoms in total. The number of phenolic OH excluding ortho intramolecular Hbond substituents is 1. The number of ether oxygens (including phenoxy) is 1. The molecule has 0 spiro atoms. The molecule has 18 heavy (non-hydrogen) atoms. The second kappa shape index (κ2) is 6.50. The lowest BCUT2D eigenvalue weighted by Crippen LogP contribution is -2.20. The van der Waals surface area contributed by atoms with Crippen LogP contribution < -0.4 is 10.5 Å². The number of nitrogens with two attached hydrogens (primary N) is 1. The lowest BCUT2D eigenvalue weighted by atomic mass is 9.91. The Kier molecular flexibility index (Phi) is 5.57. The highest BCUT2D eigenvalue weighted by Crippen LogP contribution is 2.43. The molecule has 0 amide bonds. The number of phenols is 1. The third-order valence-corrected chi connectivity index (χ3v) is 3.89. The molecule has 2 rings (SSSR count). The molecule has 1 saturated carbocycles. The second-order valence-electron chi connectivity index (χ2n) is 4.58. The summed E-state index contributed by atoms with van der Waals surface area (Å²) in [5.41, 5.74) is 6.89. The predicted octanol–water partition coefficient (Wildman–Crippen LogP) is 3.67. The molecule has 102 valence electrons. The monoisotopic (exact) mass is 291 g/mol. The average Bonchev–Trinajstić information content (AvgIpc) is 2.85. The number of rotatable bonds is 3. The molecule has 1 fully saturated rings. The van der Waals surface area contributed by atoms with Crippen LogP contribution in [-0.2, 0) is 0 Å². The molecule has 1 atom stereocenters. The average molecular weight is 292 g/mol. The van der Waals surface area contributed by atoms with Gasteiger partial charge in [0.15, 0.2) is 0 Å². The first-order chi connectivity index (χ1) is 8.15. The van der Waals surface area contributed by atoms with Gasteiger partial charge >= 0.3 is 0 Å². The van der Waals surface area contributed by atoms with Crippen molar-refractivity contribution < 1.29 is 9.84 Å². The molecule has 1 aromatic rings. The normalized spacial score (nSPS) is 17.3. The second-order valence-corrected chi connectivity index (χ2v) is 4.99. The first kappa shape index (κ1) is 15.4. The third kappa shape index (κ3) is 2.85. The Hall–Kier alpha value is -0.640. The zero-order valence-corrected chi connectivity index (χ0v) is 11.9. The van der Waals surface area contributed by atoms with Gasteiger partial charge in [0.25, 0.3) is 0 Å². The highest BCUT2D eigenvalue weighted by atomic mass is 35.5. The predicted molar refractivity (Wildman–Crippen MR) is 75.8 cm³/mol. The highest BCUT2D eigenvalue weighted by molar-refractivity contribution is 6.32. The van der Waals surface area contributed by atoms with Crippen molar-refractivity contribution >= 4 is 24.0 Å². The van der Waals surface area contributed by atoms with Crippen LogP contribution in [0.15, 0.2) is 12.1 Å². The van der Waals surface area contributed by atoms with Crippen LogP contribution in [0.2, 0.25) is 5.02 Å². The molecule has 0 heterocycles. The van der Waals surface area contributed by atoms with Crippen LogP contribution in [0.4, 0.5) is 0 Å². The number of benzene rings is 1. The SMILES string of the molecule is COc1ccc(Cl)c(O)c1[C@H](N)C1CCCC1.Cl. The number of hydrogen-bond donors (Lipinski definition) is 2. The van der Waals surface area contributed by atoms with E-state index in [4.69, 9.17) is 22.1 Å². The molecule has 1 aliphatic rings. The van der Waals surface area contributed by atoms with Gasteiger partial charge in [-0.1, -0.05) is 24.4 Å². The van der Waals surface area contributed by atoms with Crippen LogP contribution in [-0.4, -0.2) is 12.2 Å². The summed E-state index contributed by atoms with van der Waals surface area (Å²) in [5.74, 6) is 1.09. The van der Waals surface area contributed by atoms with Crippen LogP contribution in [0.3, 0.4) is 0 Å². The minimum atomic E-state index is -0.203. The van der Waals surface area contributed by atoms with E-state index in [1.165, 1.54) is 12.8 Å². The first-order valence-corrected chi connectivity index (χ1v) is 6.34. The number of hydrogen-bond acceptors (Lipinski definition) is 3. The van der Waals surface area contributed by atoms with Crippen LogP contribution in [0.1, 0.15) is 37.3 Å². The number of aromatic hydroxyl groups is 1. The highest BCUT2D eigenvalue weighted by Gasteiger charge is 2.28. The summed E-state index contributed by atoms with van der Waals surface area (Å²) in [4.78, 5) is 0. The fraction of sp³-hybridized carbons (Fsp3) is 0.538. The minimum Gasteiger partial charge on any atom is -0.506 e. The Balaban J connectivity index is 0.00000162. The maximum atomic E-state index is 10.0. The van der Waals surface area contributed by atoms with Crippen molar-refractivity contribution in [3.8, 4) is 11.5 Å². The molecule has 0 radical (unpaired) electrons. The van der Waals surface area contributed by atoms with E-state index < -0.39 is 0 Å². The summed E-state index contributed by atoms with van der Waals surface area (Å²) in [7, 11) is 1.58. The first-order valence-electron chi connectivity index (χ1n) is 5.96. The van der Waals surface area contributed by atoms with E-state index in [1.807, 2.05) is 0 Å². The lowest BCUT2D eigenvalue weighted by Gasteiger charge is -2.22.